The molecule has 2 atom stereocenters. The molecule has 0 spiro atoms. The lowest BCUT2D eigenvalue weighted by Gasteiger charge is -2.32. The fourth-order valence-electron chi connectivity index (χ4n) is 3.87. The lowest BCUT2D eigenvalue weighted by molar-refractivity contribution is -0.139. The number of amides is 2. The van der Waals surface area contributed by atoms with E-state index in [1.165, 1.54) is 29.2 Å². The van der Waals surface area contributed by atoms with Gasteiger partial charge in [-0.2, -0.15) is 0 Å². The van der Waals surface area contributed by atoms with Gasteiger partial charge in [-0.3, -0.25) is 13.9 Å². The smallest absolute Gasteiger partial charge is 0.264 e. The Morgan fingerprint density at radius 2 is 1.61 bits per heavy atom. The molecule has 38 heavy (non-hydrogen) atoms. The Hall–Kier alpha value is -3.36. The molecular formula is C29H34ClN3O4S. The summed E-state index contributed by atoms with van der Waals surface area (Å²) in [5.74, 6) is -0.800. The average Bonchev–Trinajstić information content (AvgIpc) is 2.90. The number of aryl methyl sites for hydroxylation is 1. The summed E-state index contributed by atoms with van der Waals surface area (Å²) in [6.07, 6.45) is 0.742. The normalized spacial score (nSPS) is 12.9. The van der Waals surface area contributed by atoms with Gasteiger partial charge in [0.05, 0.1) is 10.6 Å². The molecule has 7 nitrogen and oxygen atoms in total. The van der Waals surface area contributed by atoms with Crippen LogP contribution in [0.1, 0.15) is 38.3 Å². The van der Waals surface area contributed by atoms with Crippen LogP contribution in [0, 0.1) is 6.92 Å². The fraction of sp³-hybridized carbons (Fsp3) is 0.310. The van der Waals surface area contributed by atoms with Crippen molar-refractivity contribution in [1.82, 2.24) is 10.2 Å². The van der Waals surface area contributed by atoms with E-state index in [0.29, 0.717) is 10.7 Å². The molecule has 1 N–H and O–H groups in total. The molecule has 2 unspecified atom stereocenters. The van der Waals surface area contributed by atoms with Gasteiger partial charge in [-0.05, 0) is 74.7 Å². The zero-order valence-corrected chi connectivity index (χ0v) is 23.7. The molecule has 0 aliphatic carbocycles. The number of carbonyl (C=O) groups excluding carboxylic acids is 2. The Labute approximate surface area is 230 Å². The van der Waals surface area contributed by atoms with E-state index in [4.69, 9.17) is 11.6 Å². The summed E-state index contributed by atoms with van der Waals surface area (Å²) in [6.45, 7) is 7.03. The van der Waals surface area contributed by atoms with Crippen molar-refractivity contribution >= 4 is 39.1 Å². The van der Waals surface area contributed by atoms with Crippen molar-refractivity contribution in [3.8, 4) is 0 Å². The molecule has 2 amide bonds. The van der Waals surface area contributed by atoms with Crippen LogP contribution in [-0.4, -0.2) is 43.8 Å². The van der Waals surface area contributed by atoms with Crippen LogP contribution < -0.4 is 9.62 Å². The first-order valence-corrected chi connectivity index (χ1v) is 14.3. The SMILES string of the molecule is CCC(C)NC(=O)C(C)N(Cc1ccccc1)C(=O)CN(c1cccc(C)c1)S(=O)(=O)c1ccc(Cl)cc1. The van der Waals surface area contributed by atoms with Gasteiger partial charge in [0.15, 0.2) is 0 Å². The predicted octanol–water partition coefficient (Wildman–Crippen LogP) is 5.18. The van der Waals surface area contributed by atoms with Crippen molar-refractivity contribution in [2.24, 2.45) is 0 Å². The monoisotopic (exact) mass is 555 g/mol. The van der Waals surface area contributed by atoms with Gasteiger partial charge in [-0.25, -0.2) is 8.42 Å². The van der Waals surface area contributed by atoms with Crippen molar-refractivity contribution in [3.05, 3.63) is 95.0 Å². The van der Waals surface area contributed by atoms with Crippen molar-refractivity contribution < 1.29 is 18.0 Å². The van der Waals surface area contributed by atoms with Gasteiger partial charge >= 0.3 is 0 Å². The second kappa shape index (κ2) is 12.9. The van der Waals surface area contributed by atoms with E-state index < -0.39 is 28.5 Å². The highest BCUT2D eigenvalue weighted by molar-refractivity contribution is 7.92. The molecule has 0 bridgehead atoms. The van der Waals surface area contributed by atoms with E-state index >= 15 is 0 Å². The quantitative estimate of drug-likeness (QED) is 0.353. The Morgan fingerprint density at radius 1 is 0.947 bits per heavy atom. The Balaban J connectivity index is 2.01. The van der Waals surface area contributed by atoms with E-state index in [2.05, 4.69) is 5.32 Å². The topological polar surface area (TPSA) is 86.8 Å². The number of rotatable bonds is 11. The minimum atomic E-state index is -4.13. The number of halogens is 1. The summed E-state index contributed by atoms with van der Waals surface area (Å²) in [4.78, 5) is 28.3. The maximum Gasteiger partial charge on any atom is 0.264 e. The third-order valence-electron chi connectivity index (χ3n) is 6.33. The summed E-state index contributed by atoms with van der Waals surface area (Å²) >= 11 is 5.99. The molecule has 0 aromatic heterocycles. The molecule has 0 saturated heterocycles. The summed E-state index contributed by atoms with van der Waals surface area (Å²) in [5, 5.41) is 3.33. The third-order valence-corrected chi connectivity index (χ3v) is 8.37. The molecule has 9 heteroatoms. The number of carbonyl (C=O) groups is 2. The predicted molar refractivity (Wildman–Crippen MR) is 152 cm³/mol. The number of hydrogen-bond donors (Lipinski definition) is 1. The van der Waals surface area contributed by atoms with Gasteiger partial charge in [0, 0.05) is 17.6 Å². The summed E-state index contributed by atoms with van der Waals surface area (Å²) < 4.78 is 28.7. The molecular weight excluding hydrogens is 522 g/mol. The first-order chi connectivity index (χ1) is 18.0. The van der Waals surface area contributed by atoms with Crippen LogP contribution in [0.25, 0.3) is 0 Å². The maximum absolute atomic E-state index is 13.9. The molecule has 0 radical (unpaired) electrons. The highest BCUT2D eigenvalue weighted by atomic mass is 35.5. The largest absolute Gasteiger partial charge is 0.352 e. The Morgan fingerprint density at radius 3 is 2.21 bits per heavy atom. The van der Waals surface area contributed by atoms with Gasteiger partial charge in [0.2, 0.25) is 11.8 Å². The van der Waals surface area contributed by atoms with Gasteiger partial charge < -0.3 is 10.2 Å². The lowest BCUT2D eigenvalue weighted by atomic mass is 10.1. The Bertz CT molecular complexity index is 1350. The summed E-state index contributed by atoms with van der Waals surface area (Å²) in [6, 6.07) is 21.2. The van der Waals surface area contributed by atoms with Crippen LogP contribution >= 0.6 is 11.6 Å². The van der Waals surface area contributed by atoms with E-state index in [0.717, 1.165) is 21.9 Å². The molecule has 0 heterocycles. The van der Waals surface area contributed by atoms with Crippen LogP contribution in [0.4, 0.5) is 5.69 Å². The molecule has 3 aromatic rings. The van der Waals surface area contributed by atoms with Gasteiger partial charge in [0.1, 0.15) is 12.6 Å². The van der Waals surface area contributed by atoms with E-state index in [-0.39, 0.29) is 23.4 Å². The molecule has 0 aliphatic rings. The highest BCUT2D eigenvalue weighted by Crippen LogP contribution is 2.26. The third kappa shape index (κ3) is 7.36. The van der Waals surface area contributed by atoms with Crippen LogP contribution in [-0.2, 0) is 26.2 Å². The average molecular weight is 556 g/mol. The highest BCUT2D eigenvalue weighted by Gasteiger charge is 2.32. The zero-order chi connectivity index (χ0) is 27.9. The second-order valence-corrected chi connectivity index (χ2v) is 11.6. The van der Waals surface area contributed by atoms with Crippen molar-refractivity contribution in [2.75, 3.05) is 10.8 Å². The fourth-order valence-corrected chi connectivity index (χ4v) is 5.41. The lowest BCUT2D eigenvalue weighted by Crippen LogP contribution is -2.52. The van der Waals surface area contributed by atoms with Crippen LogP contribution in [0.5, 0.6) is 0 Å². The molecule has 0 aliphatic heterocycles. The number of nitrogens with zero attached hydrogens (tertiary/aromatic N) is 2. The van der Waals surface area contributed by atoms with Gasteiger partial charge in [0.25, 0.3) is 10.0 Å². The number of sulfonamides is 1. The van der Waals surface area contributed by atoms with Crippen LogP contribution in [0.3, 0.4) is 0 Å². The number of benzene rings is 3. The van der Waals surface area contributed by atoms with Crippen LogP contribution in [0.15, 0.2) is 83.8 Å². The van der Waals surface area contributed by atoms with E-state index in [1.54, 1.807) is 25.1 Å². The standard InChI is InChI=1S/C29H34ClN3O4S/c1-5-22(3)31-29(35)23(4)32(19-24-11-7-6-8-12-24)28(34)20-33(26-13-9-10-21(2)18-26)38(36,37)27-16-14-25(30)15-17-27/h6-18,22-23H,5,19-20H2,1-4H3,(H,31,35). The van der Waals surface area contributed by atoms with Crippen molar-refractivity contribution in [1.29, 1.82) is 0 Å². The van der Waals surface area contributed by atoms with Gasteiger partial charge in [-0.15, -0.1) is 0 Å². The summed E-state index contributed by atoms with van der Waals surface area (Å²) in [5.41, 5.74) is 2.02. The minimum Gasteiger partial charge on any atom is -0.352 e. The minimum absolute atomic E-state index is 0.00776. The molecule has 3 aromatic carbocycles. The first-order valence-electron chi connectivity index (χ1n) is 12.5. The summed E-state index contributed by atoms with van der Waals surface area (Å²) in [7, 11) is -4.13. The molecule has 3 rings (SSSR count). The number of nitrogens with one attached hydrogen (secondary N) is 1. The second-order valence-electron chi connectivity index (χ2n) is 9.31. The maximum atomic E-state index is 13.9. The molecule has 0 fully saturated rings. The van der Waals surface area contributed by atoms with Crippen molar-refractivity contribution in [3.63, 3.8) is 0 Å². The Kier molecular flexibility index (Phi) is 9.94. The molecule has 202 valence electrons. The van der Waals surface area contributed by atoms with Gasteiger partial charge in [-0.1, -0.05) is 61.0 Å². The van der Waals surface area contributed by atoms with Crippen molar-refractivity contribution in [2.45, 2.75) is 57.6 Å². The molecule has 0 saturated carbocycles. The van der Waals surface area contributed by atoms with E-state index in [1.807, 2.05) is 57.2 Å². The first kappa shape index (κ1) is 29.2. The number of hydrogen-bond acceptors (Lipinski definition) is 4. The van der Waals surface area contributed by atoms with E-state index in [9.17, 15) is 18.0 Å². The zero-order valence-electron chi connectivity index (χ0n) is 22.1. The van der Waals surface area contributed by atoms with Crippen LogP contribution in [0.2, 0.25) is 5.02 Å². The number of anilines is 1.